The standard InChI is InChI=1S/C18H13BrClN3O3S/c1-10(14-7-9-16(20)27-14)22-23-17(24)11-4-2-3-5-12(11)21-18(25)13-6-8-15(19)26-13/h2-9H,1H3,(H,21,25)(H,23,24). The molecule has 0 aliphatic carbocycles. The molecular weight excluding hydrogens is 454 g/mol. The fraction of sp³-hybridized carbons (Fsp3) is 0.0556. The number of nitrogens with zero attached hydrogens (tertiary/aromatic N) is 1. The largest absolute Gasteiger partial charge is 0.444 e. The van der Waals surface area contributed by atoms with Crippen LogP contribution in [0.15, 0.2) is 62.7 Å². The van der Waals surface area contributed by atoms with Crippen LogP contribution >= 0.6 is 38.9 Å². The minimum absolute atomic E-state index is 0.125. The van der Waals surface area contributed by atoms with Gasteiger partial charge in [-0.25, -0.2) is 5.43 Å². The van der Waals surface area contributed by atoms with Crippen LogP contribution in [-0.4, -0.2) is 17.5 Å². The number of amides is 2. The van der Waals surface area contributed by atoms with E-state index < -0.39 is 11.8 Å². The van der Waals surface area contributed by atoms with Crippen LogP contribution in [0, 0.1) is 0 Å². The van der Waals surface area contributed by atoms with Crippen molar-refractivity contribution in [3.63, 3.8) is 0 Å². The van der Waals surface area contributed by atoms with E-state index in [9.17, 15) is 9.59 Å². The van der Waals surface area contributed by atoms with Crippen LogP contribution in [0.2, 0.25) is 4.34 Å². The number of halogens is 2. The van der Waals surface area contributed by atoms with Crippen molar-refractivity contribution in [1.29, 1.82) is 0 Å². The first-order valence-electron chi connectivity index (χ1n) is 7.70. The third-order valence-electron chi connectivity index (χ3n) is 3.47. The number of carbonyl (C=O) groups is 2. The van der Waals surface area contributed by atoms with Crippen molar-refractivity contribution in [2.24, 2.45) is 5.10 Å². The lowest BCUT2D eigenvalue weighted by atomic mass is 10.1. The average Bonchev–Trinajstić information content (AvgIpc) is 3.28. The van der Waals surface area contributed by atoms with Crippen LogP contribution in [0.25, 0.3) is 0 Å². The summed E-state index contributed by atoms with van der Waals surface area (Å²) < 4.78 is 6.30. The number of hydrazone groups is 1. The average molecular weight is 467 g/mol. The molecule has 27 heavy (non-hydrogen) atoms. The van der Waals surface area contributed by atoms with E-state index in [1.165, 1.54) is 17.4 Å². The fourth-order valence-electron chi connectivity index (χ4n) is 2.17. The zero-order valence-electron chi connectivity index (χ0n) is 14.0. The molecule has 0 radical (unpaired) electrons. The van der Waals surface area contributed by atoms with Gasteiger partial charge in [0.05, 0.1) is 26.2 Å². The number of anilines is 1. The first-order valence-corrected chi connectivity index (χ1v) is 9.69. The van der Waals surface area contributed by atoms with Crippen LogP contribution in [0.4, 0.5) is 5.69 Å². The van der Waals surface area contributed by atoms with E-state index in [1.54, 1.807) is 43.3 Å². The second kappa shape index (κ2) is 8.51. The Hall–Kier alpha value is -2.42. The molecule has 2 amide bonds. The molecule has 1 aromatic carbocycles. The Labute approximate surface area is 172 Å². The molecule has 3 rings (SSSR count). The van der Waals surface area contributed by atoms with E-state index in [2.05, 4.69) is 31.8 Å². The molecule has 0 spiro atoms. The van der Waals surface area contributed by atoms with Gasteiger partial charge in [-0.05, 0) is 59.3 Å². The van der Waals surface area contributed by atoms with Crippen LogP contribution in [-0.2, 0) is 0 Å². The Morgan fingerprint density at radius 2 is 1.89 bits per heavy atom. The van der Waals surface area contributed by atoms with E-state index in [0.717, 1.165) is 4.88 Å². The van der Waals surface area contributed by atoms with Crippen LogP contribution in [0.5, 0.6) is 0 Å². The zero-order chi connectivity index (χ0) is 19.4. The number of furan rings is 1. The van der Waals surface area contributed by atoms with E-state index in [0.29, 0.717) is 20.4 Å². The van der Waals surface area contributed by atoms with Crippen molar-refractivity contribution >= 4 is 62.1 Å². The van der Waals surface area contributed by atoms with Crippen molar-refractivity contribution in [2.75, 3.05) is 5.32 Å². The summed E-state index contributed by atoms with van der Waals surface area (Å²) in [4.78, 5) is 25.6. The highest BCUT2D eigenvalue weighted by Crippen LogP contribution is 2.22. The molecule has 2 heterocycles. The molecule has 0 aliphatic rings. The Kier molecular flexibility index (Phi) is 6.10. The lowest BCUT2D eigenvalue weighted by Gasteiger charge is -2.09. The van der Waals surface area contributed by atoms with Gasteiger partial charge in [-0.15, -0.1) is 11.3 Å². The van der Waals surface area contributed by atoms with Gasteiger partial charge in [0.2, 0.25) is 0 Å². The van der Waals surface area contributed by atoms with Crippen molar-refractivity contribution in [1.82, 2.24) is 5.43 Å². The molecule has 0 saturated heterocycles. The van der Waals surface area contributed by atoms with Crippen molar-refractivity contribution < 1.29 is 14.0 Å². The number of carbonyl (C=O) groups excluding carboxylic acids is 2. The number of thiophene rings is 1. The number of rotatable bonds is 5. The van der Waals surface area contributed by atoms with Crippen LogP contribution < -0.4 is 10.7 Å². The maximum atomic E-state index is 12.5. The lowest BCUT2D eigenvalue weighted by Crippen LogP contribution is -2.22. The number of nitrogens with one attached hydrogen (secondary N) is 2. The third kappa shape index (κ3) is 4.85. The van der Waals surface area contributed by atoms with Gasteiger partial charge in [-0.1, -0.05) is 23.7 Å². The van der Waals surface area contributed by atoms with Gasteiger partial charge in [0.25, 0.3) is 11.8 Å². The normalized spacial score (nSPS) is 11.3. The first kappa shape index (κ1) is 19.3. The smallest absolute Gasteiger partial charge is 0.291 e. The molecule has 138 valence electrons. The molecular formula is C18H13BrClN3O3S. The number of benzene rings is 1. The Balaban J connectivity index is 1.74. The molecule has 3 aromatic rings. The molecule has 9 heteroatoms. The summed E-state index contributed by atoms with van der Waals surface area (Å²) in [5.74, 6) is -0.789. The maximum absolute atomic E-state index is 12.5. The van der Waals surface area contributed by atoms with Gasteiger partial charge in [-0.3, -0.25) is 9.59 Å². The summed E-state index contributed by atoms with van der Waals surface area (Å²) >= 11 is 10.4. The number of para-hydroxylation sites is 1. The highest BCUT2D eigenvalue weighted by Gasteiger charge is 2.16. The molecule has 6 nitrogen and oxygen atoms in total. The van der Waals surface area contributed by atoms with Crippen LogP contribution in [0.3, 0.4) is 0 Å². The highest BCUT2D eigenvalue weighted by molar-refractivity contribution is 9.10. The molecule has 2 aromatic heterocycles. The van der Waals surface area contributed by atoms with Crippen LogP contribution in [0.1, 0.15) is 32.7 Å². The summed E-state index contributed by atoms with van der Waals surface area (Å²) in [6.07, 6.45) is 0. The van der Waals surface area contributed by atoms with Crippen molar-refractivity contribution in [2.45, 2.75) is 6.92 Å². The quantitative estimate of drug-likeness (QED) is 0.402. The molecule has 0 bridgehead atoms. The minimum atomic E-state index is -0.464. The summed E-state index contributed by atoms with van der Waals surface area (Å²) in [7, 11) is 0. The lowest BCUT2D eigenvalue weighted by molar-refractivity contribution is 0.0955. The predicted octanol–water partition coefficient (Wildman–Crippen LogP) is 5.16. The third-order valence-corrected chi connectivity index (χ3v) is 5.24. The van der Waals surface area contributed by atoms with Gasteiger partial charge in [-0.2, -0.15) is 5.10 Å². The zero-order valence-corrected chi connectivity index (χ0v) is 17.1. The maximum Gasteiger partial charge on any atom is 0.291 e. The SMILES string of the molecule is CC(=NNC(=O)c1ccccc1NC(=O)c1ccc(Br)o1)c1ccc(Cl)s1. The van der Waals surface area contributed by atoms with E-state index >= 15 is 0 Å². The molecule has 0 unspecified atom stereocenters. The Bertz CT molecular complexity index is 1030. The Morgan fingerprint density at radius 3 is 2.56 bits per heavy atom. The van der Waals surface area contributed by atoms with E-state index in [1.807, 2.05) is 6.07 Å². The first-order chi connectivity index (χ1) is 12.9. The molecule has 0 saturated carbocycles. The van der Waals surface area contributed by atoms with E-state index in [4.69, 9.17) is 16.0 Å². The predicted molar refractivity (Wildman–Crippen MR) is 110 cm³/mol. The van der Waals surface area contributed by atoms with Gasteiger partial charge in [0.15, 0.2) is 10.4 Å². The summed E-state index contributed by atoms with van der Waals surface area (Å²) in [6.45, 7) is 1.77. The summed E-state index contributed by atoms with van der Waals surface area (Å²) in [6, 6.07) is 13.4. The fourth-order valence-corrected chi connectivity index (χ4v) is 3.46. The van der Waals surface area contributed by atoms with Gasteiger partial charge in [0, 0.05) is 0 Å². The van der Waals surface area contributed by atoms with E-state index in [-0.39, 0.29) is 11.3 Å². The molecule has 0 fully saturated rings. The molecule has 2 N–H and O–H groups in total. The second-order valence-corrected chi connectivity index (χ2v) is 7.84. The molecule has 0 atom stereocenters. The van der Waals surface area contributed by atoms with Gasteiger partial charge in [0.1, 0.15) is 0 Å². The van der Waals surface area contributed by atoms with Gasteiger partial charge < -0.3 is 9.73 Å². The van der Waals surface area contributed by atoms with Crippen molar-refractivity contribution in [3.05, 3.63) is 73.7 Å². The second-order valence-electron chi connectivity index (χ2n) is 5.35. The monoisotopic (exact) mass is 465 g/mol. The topological polar surface area (TPSA) is 83.7 Å². The highest BCUT2D eigenvalue weighted by atomic mass is 79.9. The molecule has 0 aliphatic heterocycles. The van der Waals surface area contributed by atoms with Crippen molar-refractivity contribution in [3.8, 4) is 0 Å². The van der Waals surface area contributed by atoms with Gasteiger partial charge >= 0.3 is 0 Å². The minimum Gasteiger partial charge on any atom is -0.444 e. The number of hydrogen-bond acceptors (Lipinski definition) is 5. The summed E-state index contributed by atoms with van der Waals surface area (Å²) in [5.41, 5.74) is 3.74. The summed E-state index contributed by atoms with van der Waals surface area (Å²) in [5, 5.41) is 6.76. The Morgan fingerprint density at radius 1 is 1.11 bits per heavy atom. The number of hydrogen-bond donors (Lipinski definition) is 2.